The Morgan fingerprint density at radius 2 is 1.71 bits per heavy atom. The summed E-state index contributed by atoms with van der Waals surface area (Å²) in [5.74, 6) is -2.30. The summed E-state index contributed by atoms with van der Waals surface area (Å²) in [4.78, 5) is 10.8. The number of methoxy groups -OCH3 is 1. The van der Waals surface area contributed by atoms with E-state index in [1.165, 1.54) is 7.11 Å². The van der Waals surface area contributed by atoms with Crippen LogP contribution >= 0.6 is 0 Å². The van der Waals surface area contributed by atoms with Crippen molar-refractivity contribution >= 4 is 5.97 Å². The lowest BCUT2D eigenvalue weighted by Gasteiger charge is -2.34. The number of nitrogens with two attached hydrogens (primary N) is 1. The fourth-order valence-electron chi connectivity index (χ4n) is 1.50. The molecule has 0 aromatic heterocycles. The third-order valence-corrected chi connectivity index (χ3v) is 1.75. The van der Waals surface area contributed by atoms with Gasteiger partial charge in [0.05, 0.1) is 6.61 Å². The van der Waals surface area contributed by atoms with E-state index in [-0.39, 0.29) is 13.0 Å². The van der Waals surface area contributed by atoms with Crippen molar-refractivity contribution in [1.29, 1.82) is 0 Å². The third kappa shape index (κ3) is 6.48. The molecule has 0 rings (SSSR count). The minimum Gasteiger partial charge on any atom is -0.435 e. The molecule has 0 heterocycles. The van der Waals surface area contributed by atoms with Gasteiger partial charge in [-0.15, -0.1) is 0 Å². The molecule has 0 unspecified atom stereocenters. The second-order valence-corrected chi connectivity index (χ2v) is 5.12. The molecule has 0 bridgehead atoms. The third-order valence-electron chi connectivity index (χ3n) is 1.75. The highest BCUT2D eigenvalue weighted by Crippen LogP contribution is 2.29. The van der Waals surface area contributed by atoms with Crippen LogP contribution < -0.4 is 5.73 Å². The van der Waals surface area contributed by atoms with Crippen LogP contribution in [0.4, 0.5) is 13.2 Å². The van der Waals surface area contributed by atoms with E-state index in [0.29, 0.717) is 0 Å². The summed E-state index contributed by atoms with van der Waals surface area (Å²) in [6.45, 7) is 5.01. The fraction of sp³-hybridized carbons (Fsp3) is 0.900. The van der Waals surface area contributed by atoms with Gasteiger partial charge in [-0.05, 0) is 5.41 Å². The standard InChI is InChI=1S/C10H18F3NO3/c1-8(2,3)5-9(14,6-16-4)17-7(15)10(11,12)13/h5-6,14H2,1-4H3/t9-/m0/s1. The number of ether oxygens (including phenoxy) is 2. The molecule has 1 atom stereocenters. The topological polar surface area (TPSA) is 61.6 Å². The first-order chi connectivity index (χ1) is 7.40. The molecule has 0 amide bonds. The molecule has 7 heteroatoms. The van der Waals surface area contributed by atoms with E-state index in [1.54, 1.807) is 20.8 Å². The zero-order valence-corrected chi connectivity index (χ0v) is 10.4. The lowest BCUT2D eigenvalue weighted by Crippen LogP contribution is -2.52. The quantitative estimate of drug-likeness (QED) is 0.616. The Labute approximate surface area is 98.2 Å². The van der Waals surface area contributed by atoms with Crippen LogP contribution in [0.5, 0.6) is 0 Å². The van der Waals surface area contributed by atoms with Crippen molar-refractivity contribution in [3.8, 4) is 0 Å². The van der Waals surface area contributed by atoms with Crippen molar-refractivity contribution in [1.82, 2.24) is 0 Å². The summed E-state index contributed by atoms with van der Waals surface area (Å²) in [5, 5.41) is 0. The molecule has 0 aliphatic rings. The van der Waals surface area contributed by atoms with Crippen molar-refractivity contribution in [2.75, 3.05) is 13.7 Å². The van der Waals surface area contributed by atoms with Gasteiger partial charge < -0.3 is 9.47 Å². The van der Waals surface area contributed by atoms with Gasteiger partial charge in [-0.2, -0.15) is 13.2 Å². The predicted molar refractivity (Wildman–Crippen MR) is 55.0 cm³/mol. The lowest BCUT2D eigenvalue weighted by atomic mass is 9.86. The van der Waals surface area contributed by atoms with Crippen molar-refractivity contribution in [3.05, 3.63) is 0 Å². The molecule has 17 heavy (non-hydrogen) atoms. The van der Waals surface area contributed by atoms with E-state index in [1.807, 2.05) is 0 Å². The van der Waals surface area contributed by atoms with Gasteiger partial charge in [0.1, 0.15) is 0 Å². The average Bonchev–Trinajstić information content (AvgIpc) is 1.97. The summed E-state index contributed by atoms with van der Waals surface area (Å²) in [6, 6.07) is 0. The second-order valence-electron chi connectivity index (χ2n) is 5.12. The van der Waals surface area contributed by atoms with Crippen LogP contribution in [-0.4, -0.2) is 31.6 Å². The van der Waals surface area contributed by atoms with Crippen molar-refractivity contribution in [2.45, 2.75) is 39.1 Å². The number of halogens is 3. The van der Waals surface area contributed by atoms with Gasteiger partial charge in [-0.3, -0.25) is 5.73 Å². The molecule has 0 spiro atoms. The summed E-state index contributed by atoms with van der Waals surface area (Å²) >= 11 is 0. The van der Waals surface area contributed by atoms with Gasteiger partial charge in [-0.25, -0.2) is 4.79 Å². The van der Waals surface area contributed by atoms with Crippen LogP contribution in [0.25, 0.3) is 0 Å². The maximum Gasteiger partial charge on any atom is 0.490 e. The number of alkyl halides is 3. The van der Waals surface area contributed by atoms with E-state index in [4.69, 9.17) is 10.5 Å². The van der Waals surface area contributed by atoms with Crippen molar-refractivity contribution in [2.24, 2.45) is 11.1 Å². The molecule has 0 aromatic rings. The highest BCUT2D eigenvalue weighted by molar-refractivity contribution is 5.76. The minimum absolute atomic E-state index is 0.0513. The monoisotopic (exact) mass is 257 g/mol. The highest BCUT2D eigenvalue weighted by atomic mass is 19.4. The Kier molecular flexibility index (Phi) is 4.97. The number of carbonyl (C=O) groups is 1. The molecule has 102 valence electrons. The first-order valence-electron chi connectivity index (χ1n) is 4.98. The second kappa shape index (κ2) is 5.22. The van der Waals surface area contributed by atoms with Gasteiger partial charge in [-0.1, -0.05) is 20.8 Å². The van der Waals surface area contributed by atoms with E-state index in [0.717, 1.165) is 0 Å². The fourth-order valence-corrected chi connectivity index (χ4v) is 1.50. The Morgan fingerprint density at radius 3 is 2.00 bits per heavy atom. The van der Waals surface area contributed by atoms with Crippen LogP contribution in [0.15, 0.2) is 0 Å². The molecule has 0 aliphatic heterocycles. The number of carbonyl (C=O) groups excluding carboxylic acids is 1. The smallest absolute Gasteiger partial charge is 0.435 e. The molecular formula is C10H18F3NO3. The maximum atomic E-state index is 12.1. The van der Waals surface area contributed by atoms with Crippen LogP contribution in [0.1, 0.15) is 27.2 Å². The summed E-state index contributed by atoms with van der Waals surface area (Å²) < 4.78 is 45.2. The van der Waals surface area contributed by atoms with Gasteiger partial charge >= 0.3 is 12.1 Å². The van der Waals surface area contributed by atoms with Crippen molar-refractivity contribution < 1.29 is 27.4 Å². The Bertz CT molecular complexity index is 273. The molecule has 2 N–H and O–H groups in total. The van der Waals surface area contributed by atoms with Gasteiger partial charge in [0.2, 0.25) is 0 Å². The molecule has 0 aliphatic carbocycles. The Morgan fingerprint density at radius 1 is 1.24 bits per heavy atom. The Balaban J connectivity index is 4.79. The zero-order valence-electron chi connectivity index (χ0n) is 10.4. The van der Waals surface area contributed by atoms with Crippen LogP contribution in [-0.2, 0) is 14.3 Å². The Hall–Kier alpha value is -0.820. The van der Waals surface area contributed by atoms with E-state index in [9.17, 15) is 18.0 Å². The van der Waals surface area contributed by atoms with Crippen molar-refractivity contribution in [3.63, 3.8) is 0 Å². The van der Waals surface area contributed by atoms with Crippen LogP contribution in [0.2, 0.25) is 0 Å². The van der Waals surface area contributed by atoms with Crippen LogP contribution in [0, 0.1) is 5.41 Å². The molecular weight excluding hydrogens is 239 g/mol. The van der Waals surface area contributed by atoms with E-state index < -0.39 is 23.3 Å². The summed E-state index contributed by atoms with van der Waals surface area (Å²) in [7, 11) is 1.27. The van der Waals surface area contributed by atoms with Gasteiger partial charge in [0, 0.05) is 13.5 Å². The molecule has 0 saturated carbocycles. The summed E-state index contributed by atoms with van der Waals surface area (Å²) in [6.07, 6.45) is -5.01. The van der Waals surface area contributed by atoms with Gasteiger partial charge in [0.25, 0.3) is 0 Å². The lowest BCUT2D eigenvalue weighted by molar-refractivity contribution is -0.220. The highest BCUT2D eigenvalue weighted by Gasteiger charge is 2.46. The molecule has 0 fully saturated rings. The van der Waals surface area contributed by atoms with E-state index >= 15 is 0 Å². The number of hydrogen-bond acceptors (Lipinski definition) is 4. The minimum atomic E-state index is -5.06. The molecule has 4 nitrogen and oxygen atoms in total. The molecule has 0 radical (unpaired) electrons. The number of esters is 1. The maximum absolute atomic E-state index is 12.1. The van der Waals surface area contributed by atoms with Crippen LogP contribution in [0.3, 0.4) is 0 Å². The molecule has 0 aromatic carbocycles. The number of hydrogen-bond donors (Lipinski definition) is 1. The molecule has 0 saturated heterocycles. The largest absolute Gasteiger partial charge is 0.490 e. The normalized spacial score (nSPS) is 16.5. The summed E-state index contributed by atoms with van der Waals surface area (Å²) in [5.41, 5.74) is 3.44. The number of rotatable bonds is 4. The predicted octanol–water partition coefficient (Wildman–Crippen LogP) is 1.83. The average molecular weight is 257 g/mol. The first kappa shape index (κ1) is 16.2. The SMILES string of the molecule is COC[C@](N)(CC(C)(C)C)OC(=O)C(F)(F)F. The zero-order chi connectivity index (χ0) is 13.9. The first-order valence-corrected chi connectivity index (χ1v) is 4.98. The van der Waals surface area contributed by atoms with Gasteiger partial charge in [0.15, 0.2) is 5.72 Å². The van der Waals surface area contributed by atoms with E-state index in [2.05, 4.69) is 4.74 Å².